The van der Waals surface area contributed by atoms with Crippen LogP contribution < -0.4 is 15.8 Å². The summed E-state index contributed by atoms with van der Waals surface area (Å²) in [6.07, 6.45) is 9.09. The van der Waals surface area contributed by atoms with Gasteiger partial charge < -0.3 is 9.64 Å². The summed E-state index contributed by atoms with van der Waals surface area (Å²) >= 11 is 0. The van der Waals surface area contributed by atoms with Gasteiger partial charge in [-0.05, 0) is 69.9 Å². The molecular formula is C23H34N6O2. The third-order valence-electron chi connectivity index (χ3n) is 4.35. The SMILES string of the molecule is C=C(NNC(=O)c1cc(C)cc(N(C)CC2=CCC(C)C=C2)ncn[nH]1)OC(C)(C)C. The Morgan fingerprint density at radius 2 is 2.10 bits per heavy atom. The molecule has 1 atom stereocenters. The molecule has 0 saturated carbocycles. The molecule has 0 aliphatic heterocycles. The molecular weight excluding hydrogens is 392 g/mol. The van der Waals surface area contributed by atoms with Crippen LogP contribution in [0, 0.1) is 12.8 Å². The summed E-state index contributed by atoms with van der Waals surface area (Å²) in [6, 6.07) is 3.62. The molecule has 3 N–H and O–H groups in total. The van der Waals surface area contributed by atoms with Gasteiger partial charge in [0.05, 0.1) is 0 Å². The van der Waals surface area contributed by atoms with Crippen molar-refractivity contribution in [2.75, 3.05) is 18.5 Å². The van der Waals surface area contributed by atoms with Crippen LogP contribution in [0.15, 0.2) is 54.7 Å². The van der Waals surface area contributed by atoms with Gasteiger partial charge >= 0.3 is 0 Å². The minimum Gasteiger partial charge on any atom is -0.473 e. The Hall–Kier alpha value is -3.29. The van der Waals surface area contributed by atoms with Gasteiger partial charge in [0, 0.05) is 13.6 Å². The number of amides is 1. The molecule has 1 amide bonds. The van der Waals surface area contributed by atoms with Crippen LogP contribution in [0.2, 0.25) is 0 Å². The van der Waals surface area contributed by atoms with Crippen molar-refractivity contribution >= 4 is 11.7 Å². The summed E-state index contributed by atoms with van der Waals surface area (Å²) in [6.45, 7) is 14.3. The maximum absolute atomic E-state index is 12.5. The van der Waals surface area contributed by atoms with Crippen LogP contribution in [0.25, 0.3) is 0 Å². The third-order valence-corrected chi connectivity index (χ3v) is 4.35. The van der Waals surface area contributed by atoms with Gasteiger partial charge in [0.25, 0.3) is 5.91 Å². The van der Waals surface area contributed by atoms with Gasteiger partial charge in [0.2, 0.25) is 0 Å². The number of aromatic nitrogens is 3. The van der Waals surface area contributed by atoms with Crippen molar-refractivity contribution < 1.29 is 9.53 Å². The summed E-state index contributed by atoms with van der Waals surface area (Å²) in [4.78, 5) is 19.0. The van der Waals surface area contributed by atoms with Crippen LogP contribution in [0.1, 0.15) is 50.2 Å². The van der Waals surface area contributed by atoms with Crippen molar-refractivity contribution in [2.24, 2.45) is 5.92 Å². The van der Waals surface area contributed by atoms with Crippen LogP contribution in [0.3, 0.4) is 0 Å². The van der Waals surface area contributed by atoms with E-state index in [1.54, 1.807) is 6.07 Å². The Bertz CT molecular complexity index is 909. The number of nitrogens with one attached hydrogen (secondary N) is 3. The maximum atomic E-state index is 12.5. The smallest absolute Gasteiger partial charge is 0.287 e. The van der Waals surface area contributed by atoms with Crippen molar-refractivity contribution in [2.45, 2.75) is 46.6 Å². The van der Waals surface area contributed by atoms with Gasteiger partial charge in [-0.1, -0.05) is 25.2 Å². The normalized spacial score (nSPS) is 15.4. The van der Waals surface area contributed by atoms with Crippen LogP contribution in [0.5, 0.6) is 0 Å². The fourth-order valence-corrected chi connectivity index (χ4v) is 2.89. The zero-order valence-corrected chi connectivity index (χ0v) is 19.3. The number of nitrogens with zero attached hydrogens (tertiary/aromatic N) is 3. The van der Waals surface area contributed by atoms with E-state index < -0.39 is 11.5 Å². The molecule has 0 spiro atoms. The molecule has 31 heavy (non-hydrogen) atoms. The highest BCUT2D eigenvalue weighted by atomic mass is 16.5. The van der Waals surface area contributed by atoms with Crippen molar-refractivity contribution in [3.05, 3.63) is 66.0 Å². The summed E-state index contributed by atoms with van der Waals surface area (Å²) in [7, 11) is 1.98. The third kappa shape index (κ3) is 8.54. The summed E-state index contributed by atoms with van der Waals surface area (Å²) < 4.78 is 5.54. The molecule has 0 aromatic carbocycles. The fraction of sp³-hybridized carbons (Fsp3) is 0.435. The average Bonchev–Trinajstić information content (AvgIpc) is 2.77. The number of carbonyl (C=O) groups is 1. The zero-order valence-electron chi connectivity index (χ0n) is 19.3. The number of anilines is 1. The van der Waals surface area contributed by atoms with Gasteiger partial charge in [0.1, 0.15) is 23.4 Å². The molecule has 2 rings (SSSR count). The van der Waals surface area contributed by atoms with Gasteiger partial charge in [-0.2, -0.15) is 5.10 Å². The maximum Gasteiger partial charge on any atom is 0.287 e. The molecule has 1 heterocycles. The van der Waals surface area contributed by atoms with E-state index in [0.29, 0.717) is 5.92 Å². The number of hydrogen-bond acceptors (Lipinski definition) is 6. The minimum atomic E-state index is -0.421. The van der Waals surface area contributed by atoms with Gasteiger partial charge in [-0.15, -0.1) is 0 Å². The molecule has 8 heteroatoms. The van der Waals surface area contributed by atoms with Crippen molar-refractivity contribution in [1.29, 1.82) is 0 Å². The molecule has 0 bridgehead atoms. The Morgan fingerprint density at radius 1 is 1.35 bits per heavy atom. The monoisotopic (exact) mass is 426 g/mol. The first-order chi connectivity index (χ1) is 14.5. The number of hydrogen-bond donors (Lipinski definition) is 3. The number of aryl methyl sites for hydroxylation is 1. The van der Waals surface area contributed by atoms with E-state index in [9.17, 15) is 4.79 Å². The van der Waals surface area contributed by atoms with Crippen molar-refractivity contribution in [1.82, 2.24) is 26.0 Å². The van der Waals surface area contributed by atoms with E-state index in [1.165, 1.54) is 11.9 Å². The first kappa shape index (κ1) is 24.0. The number of aromatic amines is 1. The second kappa shape index (κ2) is 10.7. The number of ether oxygens (including phenoxy) is 1. The van der Waals surface area contributed by atoms with Gasteiger partial charge in [-0.3, -0.25) is 20.7 Å². The number of H-pyrrole nitrogens is 1. The van der Waals surface area contributed by atoms with Crippen LogP contribution in [0.4, 0.5) is 5.82 Å². The standard InChI is InChI=1S/C23H34N6O2/c1-16-8-10-19(11-9-16)14-29(7)21-13-17(2)12-20(27-25-15-24-21)22(30)28-26-18(3)31-23(4,5)6/h8,10-13,15-16,26-27H,3,9,14H2,1-2,4-7H3,(H,28,30). The summed E-state index contributed by atoms with van der Waals surface area (Å²) in [5.41, 5.74) is 7.14. The van der Waals surface area contributed by atoms with E-state index in [2.05, 4.69) is 62.7 Å². The molecule has 0 fully saturated rings. The van der Waals surface area contributed by atoms with Crippen molar-refractivity contribution in [3.63, 3.8) is 0 Å². The van der Waals surface area contributed by atoms with E-state index in [-0.39, 0.29) is 11.6 Å². The van der Waals surface area contributed by atoms with E-state index in [1.807, 2.05) is 40.8 Å². The predicted octanol–water partition coefficient (Wildman–Crippen LogP) is 3.72. The Morgan fingerprint density at radius 3 is 2.74 bits per heavy atom. The fourth-order valence-electron chi connectivity index (χ4n) is 2.89. The lowest BCUT2D eigenvalue weighted by Gasteiger charge is -2.23. The van der Waals surface area contributed by atoms with Crippen LogP contribution >= 0.6 is 0 Å². The predicted molar refractivity (Wildman–Crippen MR) is 124 cm³/mol. The van der Waals surface area contributed by atoms with Gasteiger partial charge in [-0.25, -0.2) is 4.98 Å². The molecule has 1 unspecified atom stereocenters. The molecule has 1 aliphatic carbocycles. The van der Waals surface area contributed by atoms with Crippen LogP contribution in [-0.2, 0) is 4.74 Å². The zero-order chi connectivity index (χ0) is 23.0. The largest absolute Gasteiger partial charge is 0.473 e. The van der Waals surface area contributed by atoms with E-state index in [4.69, 9.17) is 4.74 Å². The number of allylic oxidation sites excluding steroid dienone is 2. The first-order valence-electron chi connectivity index (χ1n) is 10.3. The molecule has 0 radical (unpaired) electrons. The minimum absolute atomic E-state index is 0.244. The Balaban J connectivity index is 2.12. The lowest BCUT2D eigenvalue weighted by atomic mass is 9.98. The lowest BCUT2D eigenvalue weighted by Crippen LogP contribution is -2.39. The number of hydrazine groups is 1. The molecule has 0 saturated heterocycles. The quantitative estimate of drug-likeness (QED) is 0.454. The second-order valence-corrected chi connectivity index (χ2v) is 8.71. The summed E-state index contributed by atoms with van der Waals surface area (Å²) in [5.74, 6) is 1.16. The Labute approximate surface area is 184 Å². The molecule has 8 nitrogen and oxygen atoms in total. The number of rotatable bonds is 7. The molecule has 1 aromatic heterocycles. The highest BCUT2D eigenvalue weighted by molar-refractivity contribution is 5.91. The highest BCUT2D eigenvalue weighted by Crippen LogP contribution is 2.18. The molecule has 1 aromatic rings. The number of carbonyl (C=O) groups excluding carboxylic acids is 1. The van der Waals surface area contributed by atoms with Gasteiger partial charge in [0.15, 0.2) is 5.88 Å². The lowest BCUT2D eigenvalue weighted by molar-refractivity contribution is 0.0365. The first-order valence-corrected chi connectivity index (χ1v) is 10.3. The topological polar surface area (TPSA) is 95.2 Å². The Kier molecular flexibility index (Phi) is 8.24. The molecule has 168 valence electrons. The average molecular weight is 427 g/mol. The summed E-state index contributed by atoms with van der Waals surface area (Å²) in [5, 5.41) is 6.77. The molecule has 1 aliphatic rings. The van der Waals surface area contributed by atoms with Crippen LogP contribution in [-0.4, -0.2) is 40.3 Å². The van der Waals surface area contributed by atoms with E-state index in [0.717, 1.165) is 24.3 Å². The second-order valence-electron chi connectivity index (χ2n) is 8.71. The highest BCUT2D eigenvalue weighted by Gasteiger charge is 2.13. The van der Waals surface area contributed by atoms with E-state index >= 15 is 0 Å². The number of likely N-dealkylation sites (N-methyl/N-ethyl adjacent to an activating group) is 1. The van der Waals surface area contributed by atoms with Crippen molar-refractivity contribution in [3.8, 4) is 0 Å².